The van der Waals surface area contributed by atoms with Crippen LogP contribution >= 0.6 is 23.2 Å². The van der Waals surface area contributed by atoms with Gasteiger partial charge in [0.2, 0.25) is 5.91 Å². The van der Waals surface area contributed by atoms with Gasteiger partial charge in [0.1, 0.15) is 6.54 Å². The average molecular weight is 448 g/mol. The van der Waals surface area contributed by atoms with E-state index in [9.17, 15) is 14.4 Å². The van der Waals surface area contributed by atoms with Crippen molar-refractivity contribution in [1.29, 1.82) is 0 Å². The highest BCUT2D eigenvalue weighted by atomic mass is 35.5. The van der Waals surface area contributed by atoms with Crippen molar-refractivity contribution < 1.29 is 9.53 Å². The number of hydrogen-bond donors (Lipinski definition) is 1. The first kappa shape index (κ1) is 20.7. The summed E-state index contributed by atoms with van der Waals surface area (Å²) in [7, 11) is 0. The minimum absolute atomic E-state index is 0.160. The maximum absolute atomic E-state index is 13.1. The first-order valence-corrected chi connectivity index (χ1v) is 10.3. The van der Waals surface area contributed by atoms with Crippen molar-refractivity contribution in [3.05, 3.63) is 73.3 Å². The summed E-state index contributed by atoms with van der Waals surface area (Å²) >= 11 is 12.0. The van der Waals surface area contributed by atoms with E-state index in [-0.39, 0.29) is 29.8 Å². The Morgan fingerprint density at radius 2 is 1.93 bits per heavy atom. The fourth-order valence-corrected chi connectivity index (χ4v) is 4.06. The van der Waals surface area contributed by atoms with E-state index in [0.717, 1.165) is 17.4 Å². The number of hydrogen-bond acceptors (Lipinski definition) is 4. The van der Waals surface area contributed by atoms with E-state index in [2.05, 4.69) is 5.32 Å². The zero-order valence-electron chi connectivity index (χ0n) is 15.9. The number of halogens is 2. The summed E-state index contributed by atoms with van der Waals surface area (Å²) in [5.41, 5.74) is -0.153. The molecule has 30 heavy (non-hydrogen) atoms. The number of fused-ring (bicyclic) bond motifs is 1. The van der Waals surface area contributed by atoms with Gasteiger partial charge < -0.3 is 10.1 Å². The Morgan fingerprint density at radius 1 is 1.13 bits per heavy atom. The van der Waals surface area contributed by atoms with Crippen LogP contribution in [0.25, 0.3) is 10.9 Å². The Morgan fingerprint density at radius 3 is 2.67 bits per heavy atom. The molecule has 1 saturated heterocycles. The van der Waals surface area contributed by atoms with Crippen molar-refractivity contribution in [2.75, 3.05) is 11.9 Å². The van der Waals surface area contributed by atoms with Gasteiger partial charge in [-0.15, -0.1) is 0 Å². The summed E-state index contributed by atoms with van der Waals surface area (Å²) in [4.78, 5) is 38.7. The van der Waals surface area contributed by atoms with Crippen molar-refractivity contribution in [1.82, 2.24) is 9.13 Å². The van der Waals surface area contributed by atoms with Gasteiger partial charge in [-0.2, -0.15) is 0 Å². The highest BCUT2D eigenvalue weighted by molar-refractivity contribution is 6.36. The summed E-state index contributed by atoms with van der Waals surface area (Å²) in [5, 5.41) is 3.79. The van der Waals surface area contributed by atoms with Crippen molar-refractivity contribution >= 4 is 45.7 Å². The third kappa shape index (κ3) is 4.14. The number of benzene rings is 2. The molecule has 1 fully saturated rings. The molecule has 1 aromatic heterocycles. The number of carbonyl (C=O) groups excluding carboxylic acids is 1. The minimum atomic E-state index is -0.549. The predicted molar refractivity (Wildman–Crippen MR) is 117 cm³/mol. The van der Waals surface area contributed by atoms with Gasteiger partial charge in [0.25, 0.3) is 5.56 Å². The number of nitrogens with one attached hydrogen (secondary N) is 1. The Labute approximate surface area is 181 Å². The molecule has 0 saturated carbocycles. The molecule has 9 heteroatoms. The molecule has 0 aliphatic carbocycles. The fourth-order valence-electron chi connectivity index (χ4n) is 3.60. The number of para-hydroxylation sites is 1. The van der Waals surface area contributed by atoms with Crippen LogP contribution in [-0.4, -0.2) is 27.8 Å². The molecule has 0 unspecified atom stereocenters. The number of nitrogens with zero attached hydrogens (tertiary/aromatic N) is 2. The second-order valence-electron chi connectivity index (χ2n) is 7.11. The molecule has 1 amide bonds. The molecule has 1 atom stereocenters. The quantitative estimate of drug-likeness (QED) is 0.650. The molecule has 1 N–H and O–H groups in total. The Balaban J connectivity index is 1.71. The lowest BCUT2D eigenvalue weighted by atomic mass is 10.2. The van der Waals surface area contributed by atoms with Crippen LogP contribution in [-0.2, 0) is 22.6 Å². The SMILES string of the molecule is O=C(Cn1c(=O)n(C[C@H]2CCCO2)c(=O)c2ccccc21)Nc1ccc(Cl)cc1Cl. The Bertz CT molecular complexity index is 1230. The van der Waals surface area contributed by atoms with Gasteiger partial charge in [0, 0.05) is 11.6 Å². The molecule has 156 valence electrons. The van der Waals surface area contributed by atoms with Gasteiger partial charge >= 0.3 is 5.69 Å². The summed E-state index contributed by atoms with van der Waals surface area (Å²) < 4.78 is 8.04. The van der Waals surface area contributed by atoms with Gasteiger partial charge in [-0.05, 0) is 43.2 Å². The number of anilines is 1. The second kappa shape index (κ2) is 8.63. The molecule has 2 aromatic carbocycles. The first-order valence-electron chi connectivity index (χ1n) is 9.53. The smallest absolute Gasteiger partial charge is 0.332 e. The Kier molecular flexibility index (Phi) is 5.94. The molecule has 1 aliphatic heterocycles. The summed E-state index contributed by atoms with van der Waals surface area (Å²) in [6.07, 6.45) is 1.49. The molecular formula is C21H19Cl2N3O4. The number of rotatable bonds is 5. The Hall–Kier alpha value is -2.61. The largest absolute Gasteiger partial charge is 0.376 e. The molecule has 7 nitrogen and oxygen atoms in total. The van der Waals surface area contributed by atoms with Gasteiger partial charge in [-0.1, -0.05) is 35.3 Å². The van der Waals surface area contributed by atoms with E-state index in [0.29, 0.717) is 28.2 Å². The normalized spacial score (nSPS) is 16.1. The van der Waals surface area contributed by atoms with Gasteiger partial charge in [-0.25, -0.2) is 4.79 Å². The van der Waals surface area contributed by atoms with Crippen LogP contribution in [0.3, 0.4) is 0 Å². The number of carbonyl (C=O) groups is 1. The van der Waals surface area contributed by atoms with Crippen molar-refractivity contribution in [3.63, 3.8) is 0 Å². The molecule has 3 aromatic rings. The van der Waals surface area contributed by atoms with Gasteiger partial charge in [0.05, 0.1) is 34.3 Å². The van der Waals surface area contributed by atoms with E-state index in [4.69, 9.17) is 27.9 Å². The molecule has 1 aliphatic rings. The highest BCUT2D eigenvalue weighted by Gasteiger charge is 2.21. The third-order valence-electron chi connectivity index (χ3n) is 5.05. The van der Waals surface area contributed by atoms with E-state index in [1.807, 2.05) is 0 Å². The zero-order valence-corrected chi connectivity index (χ0v) is 17.4. The fraction of sp³-hybridized carbons (Fsp3) is 0.286. The van der Waals surface area contributed by atoms with Crippen LogP contribution in [0.15, 0.2) is 52.1 Å². The van der Waals surface area contributed by atoms with Crippen molar-refractivity contribution in [3.8, 4) is 0 Å². The maximum Gasteiger partial charge on any atom is 0.332 e. The van der Waals surface area contributed by atoms with Crippen LogP contribution < -0.4 is 16.6 Å². The van der Waals surface area contributed by atoms with Crippen molar-refractivity contribution in [2.24, 2.45) is 0 Å². The number of ether oxygens (including phenoxy) is 1. The van der Waals surface area contributed by atoms with E-state index >= 15 is 0 Å². The first-order chi connectivity index (χ1) is 14.4. The standard InChI is InChI=1S/C21H19Cl2N3O4/c22-13-7-8-17(16(23)10-13)24-19(27)12-25-18-6-2-1-5-15(18)20(28)26(21(25)29)11-14-4-3-9-30-14/h1-2,5-8,10,14H,3-4,9,11-12H2,(H,24,27)/t14-/m1/s1. The van der Waals surface area contributed by atoms with Gasteiger partial charge in [0.15, 0.2) is 0 Å². The van der Waals surface area contributed by atoms with Crippen LogP contribution in [0.1, 0.15) is 12.8 Å². The monoisotopic (exact) mass is 447 g/mol. The lowest BCUT2D eigenvalue weighted by Crippen LogP contribution is -2.43. The van der Waals surface area contributed by atoms with Crippen LogP contribution in [0.5, 0.6) is 0 Å². The molecule has 0 spiro atoms. The van der Waals surface area contributed by atoms with Crippen molar-refractivity contribution in [2.45, 2.75) is 32.0 Å². The van der Waals surface area contributed by atoms with Crippen LogP contribution in [0.2, 0.25) is 10.0 Å². The second-order valence-corrected chi connectivity index (χ2v) is 7.95. The molecule has 4 rings (SSSR count). The predicted octanol–water partition coefficient (Wildman–Crippen LogP) is 3.29. The molecule has 0 bridgehead atoms. The zero-order chi connectivity index (χ0) is 21.3. The molecule has 0 radical (unpaired) electrons. The third-order valence-corrected chi connectivity index (χ3v) is 5.60. The lowest BCUT2D eigenvalue weighted by molar-refractivity contribution is -0.116. The summed E-state index contributed by atoms with van der Waals surface area (Å²) in [6.45, 7) is 0.503. The maximum atomic E-state index is 13.1. The lowest BCUT2D eigenvalue weighted by Gasteiger charge is -2.16. The van der Waals surface area contributed by atoms with Crippen LogP contribution in [0.4, 0.5) is 5.69 Å². The highest BCUT2D eigenvalue weighted by Crippen LogP contribution is 2.25. The summed E-state index contributed by atoms with van der Waals surface area (Å²) in [5.74, 6) is -0.450. The topological polar surface area (TPSA) is 82.3 Å². The number of amides is 1. The van der Waals surface area contributed by atoms with E-state index in [1.54, 1.807) is 36.4 Å². The average Bonchev–Trinajstić information content (AvgIpc) is 3.24. The van der Waals surface area contributed by atoms with E-state index in [1.165, 1.54) is 10.6 Å². The number of aromatic nitrogens is 2. The molecule has 2 heterocycles. The van der Waals surface area contributed by atoms with E-state index < -0.39 is 11.6 Å². The minimum Gasteiger partial charge on any atom is -0.376 e. The van der Waals surface area contributed by atoms with Crippen LogP contribution in [0, 0.1) is 0 Å². The van der Waals surface area contributed by atoms with Gasteiger partial charge in [-0.3, -0.25) is 18.7 Å². The molecular weight excluding hydrogens is 429 g/mol. The summed E-state index contributed by atoms with van der Waals surface area (Å²) in [6, 6.07) is 11.4.